The lowest BCUT2D eigenvalue weighted by atomic mass is 9.99. The first-order chi connectivity index (χ1) is 16.1. The minimum atomic E-state index is -0.808. The molecule has 0 spiro atoms. The summed E-state index contributed by atoms with van der Waals surface area (Å²) in [6.07, 6.45) is -0.141. The van der Waals surface area contributed by atoms with E-state index in [1.54, 1.807) is 23.1 Å². The van der Waals surface area contributed by atoms with Crippen LogP contribution < -0.4 is 5.32 Å². The number of carbonyl (C=O) groups is 3. The lowest BCUT2D eigenvalue weighted by Crippen LogP contribution is -2.51. The van der Waals surface area contributed by atoms with Crippen LogP contribution in [0, 0.1) is 0 Å². The molecule has 2 atom stereocenters. The number of ether oxygens (including phenoxy) is 2. The third kappa shape index (κ3) is 5.34. The van der Waals surface area contributed by atoms with Crippen LogP contribution in [0.5, 0.6) is 0 Å². The molecule has 2 aliphatic heterocycles. The van der Waals surface area contributed by atoms with Crippen molar-refractivity contribution >= 4 is 23.6 Å². The number of benzene rings is 2. The number of morpholine rings is 1. The van der Waals surface area contributed by atoms with Crippen molar-refractivity contribution < 1.29 is 23.9 Å². The molecule has 0 radical (unpaired) electrons. The lowest BCUT2D eigenvalue weighted by molar-refractivity contribution is -0.141. The molecule has 0 aliphatic carbocycles. The third-order valence-corrected chi connectivity index (χ3v) is 5.83. The van der Waals surface area contributed by atoms with Crippen LogP contribution in [-0.2, 0) is 25.6 Å². The normalized spacial score (nSPS) is 20.5. The molecule has 2 saturated heterocycles. The molecule has 2 aromatic carbocycles. The molecule has 8 heteroatoms. The average Bonchev–Trinajstić information content (AvgIpc) is 3.16. The van der Waals surface area contributed by atoms with Crippen molar-refractivity contribution in [3.05, 3.63) is 65.7 Å². The molecule has 4 rings (SSSR count). The number of hydrogen-bond acceptors (Lipinski definition) is 5. The first kappa shape index (κ1) is 22.8. The van der Waals surface area contributed by atoms with Crippen LogP contribution in [0.2, 0.25) is 0 Å². The molecule has 1 N–H and O–H groups in total. The van der Waals surface area contributed by atoms with Gasteiger partial charge >= 0.3 is 6.09 Å². The number of anilines is 1. The minimum absolute atomic E-state index is 0.0790. The van der Waals surface area contributed by atoms with Gasteiger partial charge < -0.3 is 19.7 Å². The molecule has 2 fully saturated rings. The lowest BCUT2D eigenvalue weighted by Gasteiger charge is -2.33. The van der Waals surface area contributed by atoms with E-state index in [4.69, 9.17) is 9.47 Å². The largest absolute Gasteiger partial charge is 0.438 e. The number of nitrogens with zero attached hydrogens (tertiary/aromatic N) is 2. The summed E-state index contributed by atoms with van der Waals surface area (Å²) in [6.45, 7) is 4.09. The van der Waals surface area contributed by atoms with E-state index in [-0.39, 0.29) is 18.4 Å². The second-order valence-corrected chi connectivity index (χ2v) is 8.22. The van der Waals surface area contributed by atoms with Crippen LogP contribution in [-0.4, -0.2) is 60.1 Å². The highest BCUT2D eigenvalue weighted by Crippen LogP contribution is 2.36. The SMILES string of the molecule is CCCC(=O)Nc1cccc([C@@H]2OC(=O)N(Cc3ccccc3)[C@H]2C(=O)N2CCOCC2)c1. The standard InChI is InChI=1S/C25H29N3O5/c1-2-7-21(29)26-20-11-6-10-19(16-20)23-22(24(30)27-12-14-32-15-13-27)28(25(31)33-23)17-18-8-4-3-5-9-18/h3-6,8-11,16,22-23H,2,7,12-15,17H2,1H3,(H,26,29)/t22-,23+/m1/s1. The molecule has 0 bridgehead atoms. The summed E-state index contributed by atoms with van der Waals surface area (Å²) in [6, 6.07) is 15.9. The zero-order chi connectivity index (χ0) is 23.2. The van der Waals surface area contributed by atoms with E-state index >= 15 is 0 Å². The number of rotatable bonds is 7. The highest BCUT2D eigenvalue weighted by molar-refractivity contribution is 5.91. The molecule has 0 unspecified atom stereocenters. The van der Waals surface area contributed by atoms with Crippen molar-refractivity contribution in [1.82, 2.24) is 9.80 Å². The van der Waals surface area contributed by atoms with E-state index in [0.29, 0.717) is 44.0 Å². The van der Waals surface area contributed by atoms with Crippen LogP contribution in [0.15, 0.2) is 54.6 Å². The van der Waals surface area contributed by atoms with Gasteiger partial charge in [-0.05, 0) is 29.7 Å². The van der Waals surface area contributed by atoms with E-state index in [9.17, 15) is 14.4 Å². The molecular formula is C25H29N3O5. The summed E-state index contributed by atoms with van der Waals surface area (Å²) in [7, 11) is 0. The van der Waals surface area contributed by atoms with Crippen LogP contribution in [0.4, 0.5) is 10.5 Å². The highest BCUT2D eigenvalue weighted by atomic mass is 16.6. The van der Waals surface area contributed by atoms with Crippen molar-refractivity contribution in [2.45, 2.75) is 38.5 Å². The summed E-state index contributed by atoms with van der Waals surface area (Å²) in [5.74, 6) is -0.241. The average molecular weight is 452 g/mol. The van der Waals surface area contributed by atoms with Gasteiger partial charge in [-0.1, -0.05) is 49.4 Å². The van der Waals surface area contributed by atoms with Gasteiger partial charge in [0.1, 0.15) is 0 Å². The zero-order valence-electron chi connectivity index (χ0n) is 18.7. The molecular weight excluding hydrogens is 422 g/mol. The van der Waals surface area contributed by atoms with Gasteiger partial charge in [-0.25, -0.2) is 4.79 Å². The third-order valence-electron chi connectivity index (χ3n) is 5.83. The van der Waals surface area contributed by atoms with Crippen molar-refractivity contribution in [3.8, 4) is 0 Å². The van der Waals surface area contributed by atoms with E-state index in [2.05, 4.69) is 5.32 Å². The quantitative estimate of drug-likeness (QED) is 0.698. The van der Waals surface area contributed by atoms with Crippen LogP contribution in [0.25, 0.3) is 0 Å². The summed E-state index contributed by atoms with van der Waals surface area (Å²) < 4.78 is 11.2. The Morgan fingerprint density at radius 3 is 2.55 bits per heavy atom. The number of hydrogen-bond donors (Lipinski definition) is 1. The smallest absolute Gasteiger partial charge is 0.411 e. The fourth-order valence-electron chi connectivity index (χ4n) is 4.19. The number of carbonyl (C=O) groups excluding carboxylic acids is 3. The van der Waals surface area contributed by atoms with E-state index in [1.165, 1.54) is 4.90 Å². The molecule has 2 aliphatic rings. The molecule has 33 heavy (non-hydrogen) atoms. The van der Waals surface area contributed by atoms with Crippen LogP contribution in [0.1, 0.15) is 37.0 Å². The fraction of sp³-hybridized carbons (Fsp3) is 0.400. The van der Waals surface area contributed by atoms with Crippen LogP contribution >= 0.6 is 0 Å². The van der Waals surface area contributed by atoms with Gasteiger partial charge in [0.2, 0.25) is 11.8 Å². The first-order valence-electron chi connectivity index (χ1n) is 11.3. The van der Waals surface area contributed by atoms with Gasteiger partial charge in [-0.3, -0.25) is 14.5 Å². The molecule has 174 valence electrons. The molecule has 2 heterocycles. The maximum Gasteiger partial charge on any atom is 0.411 e. The Hall–Kier alpha value is -3.39. The topological polar surface area (TPSA) is 88.2 Å². The number of cyclic esters (lactones) is 1. The van der Waals surface area contributed by atoms with Crippen LogP contribution in [0.3, 0.4) is 0 Å². The maximum atomic E-state index is 13.6. The van der Waals surface area contributed by atoms with Gasteiger partial charge in [0.15, 0.2) is 12.1 Å². The molecule has 3 amide bonds. The van der Waals surface area contributed by atoms with Crippen molar-refractivity contribution in [1.29, 1.82) is 0 Å². The highest BCUT2D eigenvalue weighted by Gasteiger charge is 2.48. The van der Waals surface area contributed by atoms with Gasteiger partial charge in [0.05, 0.1) is 19.8 Å². The van der Waals surface area contributed by atoms with Gasteiger partial charge in [0, 0.05) is 25.2 Å². The number of amides is 3. The molecule has 8 nitrogen and oxygen atoms in total. The molecule has 0 aromatic heterocycles. The Morgan fingerprint density at radius 1 is 1.06 bits per heavy atom. The van der Waals surface area contributed by atoms with Crippen molar-refractivity contribution in [3.63, 3.8) is 0 Å². The maximum absolute atomic E-state index is 13.6. The van der Waals surface area contributed by atoms with E-state index < -0.39 is 18.2 Å². The Balaban J connectivity index is 1.63. The minimum Gasteiger partial charge on any atom is -0.438 e. The summed E-state index contributed by atoms with van der Waals surface area (Å²) >= 11 is 0. The number of nitrogens with one attached hydrogen (secondary N) is 1. The second kappa shape index (κ2) is 10.5. The second-order valence-electron chi connectivity index (χ2n) is 8.22. The summed E-state index contributed by atoms with van der Waals surface area (Å²) in [5.41, 5.74) is 2.19. The van der Waals surface area contributed by atoms with Gasteiger partial charge in [-0.2, -0.15) is 0 Å². The van der Waals surface area contributed by atoms with Gasteiger partial charge in [0.25, 0.3) is 0 Å². The predicted molar refractivity (Wildman–Crippen MR) is 122 cm³/mol. The van der Waals surface area contributed by atoms with E-state index in [0.717, 1.165) is 12.0 Å². The Bertz CT molecular complexity index is 991. The summed E-state index contributed by atoms with van der Waals surface area (Å²) in [5, 5.41) is 2.87. The Kier molecular flexibility index (Phi) is 7.24. The van der Waals surface area contributed by atoms with Gasteiger partial charge in [-0.15, -0.1) is 0 Å². The molecule has 2 aromatic rings. The Labute approximate surface area is 193 Å². The van der Waals surface area contributed by atoms with Crippen molar-refractivity contribution in [2.24, 2.45) is 0 Å². The zero-order valence-corrected chi connectivity index (χ0v) is 18.7. The van der Waals surface area contributed by atoms with Crippen molar-refractivity contribution in [2.75, 3.05) is 31.6 Å². The first-order valence-corrected chi connectivity index (χ1v) is 11.3. The monoisotopic (exact) mass is 451 g/mol. The van der Waals surface area contributed by atoms with E-state index in [1.807, 2.05) is 43.3 Å². The predicted octanol–water partition coefficient (Wildman–Crippen LogP) is 3.35. The fourth-order valence-corrected chi connectivity index (χ4v) is 4.19. The summed E-state index contributed by atoms with van der Waals surface area (Å²) in [4.78, 5) is 41.8. The molecule has 0 saturated carbocycles. The Morgan fingerprint density at radius 2 is 1.82 bits per heavy atom.